The van der Waals surface area contributed by atoms with Crippen molar-refractivity contribution in [2.75, 3.05) is 0 Å². The van der Waals surface area contributed by atoms with Gasteiger partial charge >= 0.3 is 0 Å². The number of aldehydes is 1. The van der Waals surface area contributed by atoms with E-state index in [4.69, 9.17) is 0 Å². The Hall–Kier alpha value is -3.26. The second-order valence-electron chi connectivity index (χ2n) is 6.48. The summed E-state index contributed by atoms with van der Waals surface area (Å²) in [7, 11) is 0. The Bertz CT molecular complexity index is 897. The Kier molecular flexibility index (Phi) is 6.48. The summed E-state index contributed by atoms with van der Waals surface area (Å²) in [4.78, 5) is 24.0. The van der Waals surface area contributed by atoms with Crippen LogP contribution < -0.4 is 0 Å². The molecule has 0 bridgehead atoms. The van der Waals surface area contributed by atoms with Gasteiger partial charge in [-0.25, -0.2) is 0 Å². The van der Waals surface area contributed by atoms with Gasteiger partial charge in [0.1, 0.15) is 6.29 Å². The van der Waals surface area contributed by atoms with Gasteiger partial charge < -0.3 is 4.79 Å². The maximum atomic E-state index is 12.8. The number of hydrogen-bond acceptors (Lipinski definition) is 2. The lowest BCUT2D eigenvalue weighted by molar-refractivity contribution is -0.108. The molecule has 134 valence electrons. The number of rotatable bonds is 8. The summed E-state index contributed by atoms with van der Waals surface area (Å²) >= 11 is 0. The molecule has 27 heavy (non-hydrogen) atoms. The average Bonchev–Trinajstić information content (AvgIpc) is 2.74. The molecule has 0 aromatic heterocycles. The molecule has 2 nitrogen and oxygen atoms in total. The summed E-state index contributed by atoms with van der Waals surface area (Å²) in [6.45, 7) is 0. The molecule has 0 N–H and O–H groups in total. The van der Waals surface area contributed by atoms with E-state index in [2.05, 4.69) is 0 Å². The first-order chi connectivity index (χ1) is 13.3. The van der Waals surface area contributed by atoms with Crippen LogP contribution in [0.2, 0.25) is 0 Å². The molecule has 0 amide bonds. The Morgan fingerprint density at radius 2 is 1.26 bits per heavy atom. The van der Waals surface area contributed by atoms with Crippen LogP contribution in [0.5, 0.6) is 0 Å². The highest BCUT2D eigenvalue weighted by atomic mass is 16.1. The zero-order chi connectivity index (χ0) is 18.9. The van der Waals surface area contributed by atoms with E-state index >= 15 is 0 Å². The fourth-order valence-corrected chi connectivity index (χ4v) is 3.20. The summed E-state index contributed by atoms with van der Waals surface area (Å²) in [5.41, 5.74) is 3.73. The second kappa shape index (κ2) is 9.44. The Balaban J connectivity index is 1.96. The monoisotopic (exact) mass is 354 g/mol. The lowest BCUT2D eigenvalue weighted by atomic mass is 9.86. The van der Waals surface area contributed by atoms with Crippen molar-refractivity contribution in [2.24, 2.45) is 0 Å². The highest BCUT2D eigenvalue weighted by Crippen LogP contribution is 2.31. The smallest absolute Gasteiger partial charge is 0.186 e. The van der Waals surface area contributed by atoms with Gasteiger partial charge in [-0.2, -0.15) is 0 Å². The maximum absolute atomic E-state index is 12.8. The number of carbonyl (C=O) groups excluding carboxylic acids is 2. The predicted octanol–water partition coefficient (Wildman–Crippen LogP) is 5.72. The highest BCUT2D eigenvalue weighted by molar-refractivity contribution is 6.08. The summed E-state index contributed by atoms with van der Waals surface area (Å²) in [6.07, 6.45) is 3.73. The number of ketones is 1. The van der Waals surface area contributed by atoms with Crippen molar-refractivity contribution in [3.8, 4) is 0 Å². The van der Waals surface area contributed by atoms with E-state index < -0.39 is 0 Å². The minimum Gasteiger partial charge on any atom is -0.303 e. The zero-order valence-corrected chi connectivity index (χ0v) is 15.1. The van der Waals surface area contributed by atoms with Crippen LogP contribution in [0.3, 0.4) is 0 Å². The molecule has 2 heteroatoms. The normalized spacial score (nSPS) is 12.4. The SMILES string of the molecule is O=CCC(C/C(=C\C(=O)c1ccccc1)c1ccccc1)c1ccccc1. The minimum absolute atomic E-state index is 0.0210. The molecular weight excluding hydrogens is 332 g/mol. The largest absolute Gasteiger partial charge is 0.303 e. The first kappa shape index (κ1) is 18.5. The molecule has 0 fully saturated rings. The van der Waals surface area contributed by atoms with Crippen LogP contribution in [0.4, 0.5) is 0 Å². The third-order valence-corrected chi connectivity index (χ3v) is 4.63. The molecular formula is C25H22O2. The van der Waals surface area contributed by atoms with Gasteiger partial charge in [-0.15, -0.1) is 0 Å². The molecule has 0 aliphatic carbocycles. The van der Waals surface area contributed by atoms with Crippen LogP contribution in [0.1, 0.15) is 40.2 Å². The van der Waals surface area contributed by atoms with Crippen LogP contribution in [-0.4, -0.2) is 12.1 Å². The quantitative estimate of drug-likeness (QED) is 0.295. The molecule has 0 aliphatic rings. The number of carbonyl (C=O) groups is 2. The van der Waals surface area contributed by atoms with E-state index in [0.29, 0.717) is 18.4 Å². The molecule has 0 saturated heterocycles. The molecule has 3 aromatic rings. The summed E-state index contributed by atoms with van der Waals surface area (Å²) in [5, 5.41) is 0. The van der Waals surface area contributed by atoms with Crippen molar-refractivity contribution in [1.82, 2.24) is 0 Å². The lowest BCUT2D eigenvalue weighted by Gasteiger charge is -2.17. The number of hydrogen-bond donors (Lipinski definition) is 0. The highest BCUT2D eigenvalue weighted by Gasteiger charge is 2.16. The number of benzene rings is 3. The van der Waals surface area contributed by atoms with Crippen molar-refractivity contribution in [3.05, 3.63) is 114 Å². The van der Waals surface area contributed by atoms with E-state index in [9.17, 15) is 9.59 Å². The van der Waals surface area contributed by atoms with Gasteiger partial charge in [0.15, 0.2) is 5.78 Å². The van der Waals surface area contributed by atoms with Crippen LogP contribution in [-0.2, 0) is 4.79 Å². The summed E-state index contributed by atoms with van der Waals surface area (Å²) < 4.78 is 0. The fourth-order valence-electron chi connectivity index (χ4n) is 3.20. The van der Waals surface area contributed by atoms with Crippen LogP contribution >= 0.6 is 0 Å². The minimum atomic E-state index is -0.0210. The molecule has 0 radical (unpaired) electrons. The standard InChI is InChI=1S/C25H22O2/c26-17-16-23(20-10-4-1-5-11-20)18-24(21-12-6-2-7-13-21)19-25(27)22-14-8-3-9-15-22/h1-15,17,19,23H,16,18H2/b24-19+. The molecule has 0 heterocycles. The molecule has 0 spiro atoms. The van der Waals surface area contributed by atoms with Crippen molar-refractivity contribution in [2.45, 2.75) is 18.8 Å². The van der Waals surface area contributed by atoms with Crippen molar-refractivity contribution >= 4 is 17.6 Å². The molecule has 0 aliphatic heterocycles. The summed E-state index contributed by atoms with van der Waals surface area (Å²) in [5.74, 6) is 0.0195. The number of allylic oxidation sites excluding steroid dienone is 2. The molecule has 1 unspecified atom stereocenters. The van der Waals surface area contributed by atoms with Crippen LogP contribution in [0.25, 0.3) is 5.57 Å². The van der Waals surface area contributed by atoms with Crippen LogP contribution in [0, 0.1) is 0 Å². The summed E-state index contributed by atoms with van der Waals surface area (Å²) in [6, 6.07) is 29.2. The Labute approximate surface area is 160 Å². The van der Waals surface area contributed by atoms with E-state index in [1.54, 1.807) is 6.08 Å². The fraction of sp³-hybridized carbons (Fsp3) is 0.120. The Morgan fingerprint density at radius 3 is 1.81 bits per heavy atom. The van der Waals surface area contributed by atoms with Gasteiger partial charge in [0.25, 0.3) is 0 Å². The van der Waals surface area contributed by atoms with Crippen molar-refractivity contribution < 1.29 is 9.59 Å². The topological polar surface area (TPSA) is 34.1 Å². The van der Waals surface area contributed by atoms with E-state index in [1.165, 1.54) is 0 Å². The Morgan fingerprint density at radius 1 is 0.741 bits per heavy atom. The second-order valence-corrected chi connectivity index (χ2v) is 6.48. The predicted molar refractivity (Wildman–Crippen MR) is 110 cm³/mol. The third kappa shape index (κ3) is 5.11. The van der Waals surface area contributed by atoms with Gasteiger partial charge in [-0.1, -0.05) is 91.0 Å². The first-order valence-electron chi connectivity index (χ1n) is 9.12. The molecule has 0 saturated carbocycles. The first-order valence-corrected chi connectivity index (χ1v) is 9.12. The molecule has 3 rings (SSSR count). The van der Waals surface area contributed by atoms with Gasteiger partial charge in [-0.3, -0.25) is 4.79 Å². The van der Waals surface area contributed by atoms with Crippen molar-refractivity contribution in [3.63, 3.8) is 0 Å². The average molecular weight is 354 g/mol. The van der Waals surface area contributed by atoms with Gasteiger partial charge in [0.2, 0.25) is 0 Å². The van der Waals surface area contributed by atoms with Gasteiger partial charge in [-0.05, 0) is 35.1 Å². The van der Waals surface area contributed by atoms with Crippen LogP contribution in [0.15, 0.2) is 97.1 Å². The van der Waals surface area contributed by atoms with Gasteiger partial charge in [0, 0.05) is 12.0 Å². The van der Waals surface area contributed by atoms with E-state index in [1.807, 2.05) is 91.0 Å². The molecule has 3 aromatic carbocycles. The zero-order valence-electron chi connectivity index (χ0n) is 15.1. The lowest BCUT2D eigenvalue weighted by Crippen LogP contribution is -2.04. The molecule has 1 atom stereocenters. The van der Waals surface area contributed by atoms with Crippen molar-refractivity contribution in [1.29, 1.82) is 0 Å². The van der Waals surface area contributed by atoms with E-state index in [0.717, 1.165) is 23.0 Å². The van der Waals surface area contributed by atoms with E-state index in [-0.39, 0.29) is 11.7 Å². The third-order valence-electron chi connectivity index (χ3n) is 4.63. The van der Waals surface area contributed by atoms with Gasteiger partial charge in [0.05, 0.1) is 0 Å². The maximum Gasteiger partial charge on any atom is 0.186 e.